The minimum atomic E-state index is -1.45. The number of aromatic nitrogens is 3. The molecule has 3 unspecified atom stereocenters. The lowest BCUT2D eigenvalue weighted by atomic mass is 9.85. The molecule has 1 amide bonds. The van der Waals surface area contributed by atoms with Crippen molar-refractivity contribution in [1.29, 1.82) is 0 Å². The van der Waals surface area contributed by atoms with Gasteiger partial charge in [-0.25, -0.2) is 4.79 Å². The molecule has 2 aliphatic rings. The van der Waals surface area contributed by atoms with Crippen LogP contribution in [-0.2, 0) is 32.3 Å². The van der Waals surface area contributed by atoms with E-state index in [1.165, 1.54) is 18.7 Å². The molecule has 17 heteroatoms. The summed E-state index contributed by atoms with van der Waals surface area (Å²) in [4.78, 5) is 56.1. The Bertz CT molecular complexity index is 1060. The van der Waals surface area contributed by atoms with E-state index in [9.17, 15) is 34.5 Å². The Labute approximate surface area is 230 Å². The lowest BCUT2D eigenvalue weighted by Gasteiger charge is -2.30. The summed E-state index contributed by atoms with van der Waals surface area (Å²) >= 11 is 1.42. The first-order chi connectivity index (χ1) is 17.9. The molecule has 3 heterocycles. The number of aliphatic hydroxyl groups is 1. The van der Waals surface area contributed by atoms with Gasteiger partial charge in [-0.3, -0.25) is 14.6 Å². The summed E-state index contributed by atoms with van der Waals surface area (Å²) in [6, 6.07) is -3.37. The summed E-state index contributed by atoms with van der Waals surface area (Å²) in [6.07, 6.45) is 2.11. The molecule has 14 nitrogen and oxygen atoms in total. The van der Waals surface area contributed by atoms with Crippen LogP contribution in [0.25, 0.3) is 0 Å². The van der Waals surface area contributed by atoms with Crippen LogP contribution in [0.3, 0.4) is 0 Å². The SMILES string of the molecule is C[C@@H](O)[C@@H](C(=O)NC(CSSCC(N)C(=O)O)C(=O)O)[C@@H]1N=C(C(=O)[O-])C(SC2Cn3cnc[n+]3C2)[C@@H]1C. The van der Waals surface area contributed by atoms with Crippen LogP contribution in [0.2, 0.25) is 0 Å². The van der Waals surface area contributed by atoms with Crippen LogP contribution in [0.4, 0.5) is 0 Å². The van der Waals surface area contributed by atoms with Gasteiger partial charge in [-0.2, -0.15) is 9.36 Å². The van der Waals surface area contributed by atoms with Crippen molar-refractivity contribution >= 4 is 62.9 Å². The molecule has 0 spiro atoms. The molecule has 38 heavy (non-hydrogen) atoms. The molecule has 0 radical (unpaired) electrons. The van der Waals surface area contributed by atoms with Crippen LogP contribution < -0.4 is 20.8 Å². The Kier molecular flexibility index (Phi) is 10.4. The lowest BCUT2D eigenvalue weighted by molar-refractivity contribution is -0.758. The average Bonchev–Trinajstić information content (AvgIpc) is 3.50. The van der Waals surface area contributed by atoms with Crippen LogP contribution in [0, 0.1) is 11.8 Å². The summed E-state index contributed by atoms with van der Waals surface area (Å²) in [5.41, 5.74) is 5.24. The molecule has 1 aromatic rings. The van der Waals surface area contributed by atoms with E-state index in [4.69, 9.17) is 10.8 Å². The van der Waals surface area contributed by atoms with Gasteiger partial charge in [0.25, 0.3) is 0 Å². The van der Waals surface area contributed by atoms with Gasteiger partial charge in [-0.1, -0.05) is 28.5 Å². The Hall–Kier alpha value is -2.34. The number of carboxylic acid groups (broad SMARTS) is 3. The molecule has 0 bridgehead atoms. The monoisotopic (exact) mass is 590 g/mol. The molecule has 0 saturated heterocycles. The maximum Gasteiger partial charge on any atom is 0.327 e. The molecule has 0 saturated carbocycles. The van der Waals surface area contributed by atoms with E-state index in [2.05, 4.69) is 15.3 Å². The third-order valence-corrected chi connectivity index (χ3v) is 10.4. The summed E-state index contributed by atoms with van der Waals surface area (Å²) in [5.74, 6) is -6.45. The Balaban J connectivity index is 1.68. The van der Waals surface area contributed by atoms with Crippen molar-refractivity contribution in [3.63, 3.8) is 0 Å². The zero-order valence-corrected chi connectivity index (χ0v) is 23.0. The van der Waals surface area contributed by atoms with Crippen molar-refractivity contribution in [2.45, 2.75) is 61.7 Å². The third-order valence-electron chi connectivity index (χ3n) is 6.32. The fourth-order valence-electron chi connectivity index (χ4n) is 4.34. The highest BCUT2D eigenvalue weighted by atomic mass is 33.1. The van der Waals surface area contributed by atoms with Gasteiger partial charge < -0.3 is 36.3 Å². The van der Waals surface area contributed by atoms with E-state index < -0.39 is 65.1 Å². The molecule has 1 aromatic heterocycles. The smallest absolute Gasteiger partial charge is 0.327 e. The molecule has 0 fully saturated rings. The zero-order valence-electron chi connectivity index (χ0n) is 20.6. The number of fused-ring (bicyclic) bond motifs is 1. The predicted octanol–water partition coefficient (Wildman–Crippen LogP) is -2.78. The van der Waals surface area contributed by atoms with Gasteiger partial charge in [-0.15, -0.1) is 11.8 Å². The van der Waals surface area contributed by atoms with Crippen molar-refractivity contribution in [1.82, 2.24) is 15.0 Å². The van der Waals surface area contributed by atoms with Gasteiger partial charge in [0.2, 0.25) is 12.2 Å². The number of aliphatic imine (C=N–C) groups is 1. The molecule has 2 aliphatic heterocycles. The first-order valence-corrected chi connectivity index (χ1v) is 15.1. The van der Waals surface area contributed by atoms with Crippen LogP contribution in [0.1, 0.15) is 13.8 Å². The van der Waals surface area contributed by atoms with Gasteiger partial charge >= 0.3 is 18.3 Å². The lowest BCUT2D eigenvalue weighted by Crippen LogP contribution is -2.51. The number of nitrogens with one attached hydrogen (secondary N) is 1. The van der Waals surface area contributed by atoms with Gasteiger partial charge in [-0.05, 0) is 17.8 Å². The second-order valence-electron chi connectivity index (χ2n) is 9.13. The van der Waals surface area contributed by atoms with Gasteiger partial charge in [0.15, 0.2) is 0 Å². The van der Waals surface area contributed by atoms with E-state index in [1.807, 2.05) is 9.36 Å². The normalized spacial score (nSPS) is 25.6. The van der Waals surface area contributed by atoms with Crippen molar-refractivity contribution in [2.24, 2.45) is 22.6 Å². The van der Waals surface area contributed by atoms with E-state index in [-0.39, 0.29) is 22.5 Å². The van der Waals surface area contributed by atoms with Gasteiger partial charge in [0, 0.05) is 11.5 Å². The predicted molar refractivity (Wildman–Crippen MR) is 138 cm³/mol. The molecule has 210 valence electrons. The van der Waals surface area contributed by atoms with Gasteiger partial charge in [0.1, 0.15) is 18.6 Å². The number of carbonyl (C=O) groups excluding carboxylic acids is 2. The first-order valence-electron chi connectivity index (χ1n) is 11.7. The molecule has 7 atom stereocenters. The summed E-state index contributed by atoms with van der Waals surface area (Å²) in [7, 11) is 2.10. The number of aliphatic carboxylic acids is 3. The molecule has 0 aromatic carbocycles. The Morgan fingerprint density at radius 3 is 2.53 bits per heavy atom. The number of amides is 1. The number of nitrogens with zero attached hydrogens (tertiary/aromatic N) is 4. The summed E-state index contributed by atoms with van der Waals surface area (Å²) < 4.78 is 3.82. The number of carboxylic acids is 3. The van der Waals surface area contributed by atoms with E-state index in [0.717, 1.165) is 21.6 Å². The van der Waals surface area contributed by atoms with E-state index in [0.29, 0.717) is 13.1 Å². The highest BCUT2D eigenvalue weighted by Gasteiger charge is 2.47. The second kappa shape index (κ2) is 13.1. The third kappa shape index (κ3) is 7.19. The number of aliphatic hydroxyl groups excluding tert-OH is 1. The van der Waals surface area contributed by atoms with Gasteiger partial charge in [0.05, 0.1) is 46.8 Å². The van der Waals surface area contributed by atoms with Crippen LogP contribution in [0.15, 0.2) is 17.6 Å². The highest BCUT2D eigenvalue weighted by Crippen LogP contribution is 2.38. The standard InChI is InChI=1S/C21H30N6O8S3/c1-9-15(25-16(21(34)35)17(9)38-11-3-26-7-23-8-27(26)4-11)14(10(2)28)18(29)24-13(20(32)33)6-37-36-5-12(22)19(30)31/h7-15,17,28H,3-6,22H2,1-2H3,(H3-,24,29,30,31,32,33,34,35)/t9-,10-,12?,13?,14-,15-,17?/m1/s1. The second-order valence-corrected chi connectivity index (χ2v) is 13.1. The minimum absolute atomic E-state index is 0.0349. The average molecular weight is 591 g/mol. The molecule has 6 N–H and O–H groups in total. The van der Waals surface area contributed by atoms with E-state index in [1.54, 1.807) is 19.6 Å². The maximum absolute atomic E-state index is 13.2. The first kappa shape index (κ1) is 30.2. The van der Waals surface area contributed by atoms with Crippen LogP contribution in [-0.4, -0.2) is 101 Å². The number of hydrogen-bond acceptors (Lipinski definition) is 12. The van der Waals surface area contributed by atoms with Crippen LogP contribution >= 0.6 is 33.3 Å². The maximum atomic E-state index is 13.2. The number of hydrogen-bond donors (Lipinski definition) is 5. The zero-order chi connectivity index (χ0) is 28.1. The topological polar surface area (TPSA) is 224 Å². The molecular formula is C21H30N6O8S3. The Morgan fingerprint density at radius 1 is 1.26 bits per heavy atom. The summed E-state index contributed by atoms with van der Waals surface area (Å²) in [5, 5.41) is 42.7. The van der Waals surface area contributed by atoms with Crippen molar-refractivity contribution in [3.8, 4) is 0 Å². The number of thioether (sulfide) groups is 1. The molecule has 3 rings (SSSR count). The highest BCUT2D eigenvalue weighted by molar-refractivity contribution is 8.76. The number of carbonyl (C=O) groups is 4. The quantitative estimate of drug-likeness (QED) is 0.0841. The summed E-state index contributed by atoms with van der Waals surface area (Å²) in [6.45, 7) is 4.35. The Morgan fingerprint density at radius 2 is 1.95 bits per heavy atom. The van der Waals surface area contributed by atoms with Crippen LogP contribution in [0.5, 0.6) is 0 Å². The fourth-order valence-corrected chi connectivity index (χ4v) is 8.20. The van der Waals surface area contributed by atoms with Crippen molar-refractivity contribution in [2.75, 3.05) is 11.5 Å². The largest absolute Gasteiger partial charge is 0.543 e. The molecular weight excluding hydrogens is 560 g/mol. The van der Waals surface area contributed by atoms with E-state index >= 15 is 0 Å². The number of rotatable bonds is 14. The van der Waals surface area contributed by atoms with Crippen molar-refractivity contribution in [3.05, 3.63) is 12.7 Å². The number of nitrogens with two attached hydrogens (primary N) is 1. The molecule has 0 aliphatic carbocycles. The fraction of sp³-hybridized carbons (Fsp3) is 0.667. The minimum Gasteiger partial charge on any atom is -0.543 e. The van der Waals surface area contributed by atoms with Crippen molar-refractivity contribution < 1.29 is 44.3 Å².